The number of aryl methyl sites for hydroxylation is 1. The Hall–Kier alpha value is -1.89. The van der Waals surface area contributed by atoms with Gasteiger partial charge in [0.25, 0.3) is 5.91 Å². The molecule has 3 heterocycles. The predicted octanol–water partition coefficient (Wildman–Crippen LogP) is 7.38. The van der Waals surface area contributed by atoms with Crippen LogP contribution in [-0.4, -0.2) is 89.4 Å². The third kappa shape index (κ3) is 13.8. The molecular weight excluding hydrogens is 670 g/mol. The molecule has 0 bridgehead atoms. The Balaban J connectivity index is 0.000000364. The summed E-state index contributed by atoms with van der Waals surface area (Å²) in [5.41, 5.74) is 4.18. The lowest BCUT2D eigenvalue weighted by molar-refractivity contribution is -0.130. The Bertz CT molecular complexity index is 1200. The van der Waals surface area contributed by atoms with E-state index in [1.54, 1.807) is 17.9 Å². The molecule has 1 unspecified atom stereocenters. The molecule has 14 heteroatoms. The number of piperidine rings is 1. The number of amides is 2. The SMILES string of the molecule is CC.CC(=O)N1CCC(N2CC(Nc3ccc(C(=O)N4CCC(N)C4)c(Cl)c3)C2)CC1.Cc1cc(Cl)cc(Cl)c1.FC(F)(F)S. The average molecular weight is 713 g/mol. The number of nitrogens with one attached hydrogen (secondary N) is 1. The van der Waals surface area contributed by atoms with E-state index in [-0.39, 0.29) is 17.9 Å². The van der Waals surface area contributed by atoms with Gasteiger partial charge in [0, 0.05) is 74.0 Å². The number of carbonyl (C=O) groups is 2. The highest BCUT2D eigenvalue weighted by Gasteiger charge is 2.34. The highest BCUT2D eigenvalue weighted by Crippen LogP contribution is 2.27. The Morgan fingerprint density at radius 2 is 1.44 bits per heavy atom. The molecule has 3 aliphatic heterocycles. The number of nitrogens with zero attached hydrogens (tertiary/aromatic N) is 3. The molecule has 3 fully saturated rings. The van der Waals surface area contributed by atoms with E-state index in [1.807, 2.05) is 56.0 Å². The lowest BCUT2D eigenvalue weighted by Gasteiger charge is -2.47. The van der Waals surface area contributed by atoms with Gasteiger partial charge in [-0.3, -0.25) is 14.5 Å². The van der Waals surface area contributed by atoms with E-state index < -0.39 is 5.51 Å². The number of rotatable bonds is 4. The van der Waals surface area contributed by atoms with Gasteiger partial charge in [0.05, 0.1) is 16.6 Å². The average Bonchev–Trinajstić information content (AvgIpc) is 3.36. The minimum Gasteiger partial charge on any atom is -0.380 e. The number of likely N-dealkylation sites (tertiary alicyclic amines) is 3. The Kier molecular flexibility index (Phi) is 16.1. The van der Waals surface area contributed by atoms with E-state index in [2.05, 4.69) is 22.8 Å². The monoisotopic (exact) mass is 711 g/mol. The fourth-order valence-electron chi connectivity index (χ4n) is 5.30. The molecule has 0 aromatic heterocycles. The van der Waals surface area contributed by atoms with Crippen LogP contribution in [0.15, 0.2) is 36.4 Å². The fourth-order valence-corrected chi connectivity index (χ4v) is 6.19. The van der Waals surface area contributed by atoms with Crippen molar-refractivity contribution >= 4 is 64.9 Å². The molecule has 3 saturated heterocycles. The van der Waals surface area contributed by atoms with E-state index >= 15 is 0 Å². The minimum absolute atomic E-state index is 0.0405. The second-order valence-electron chi connectivity index (χ2n) is 10.9. The summed E-state index contributed by atoms with van der Waals surface area (Å²) in [4.78, 5) is 30.3. The molecule has 0 aliphatic carbocycles. The first-order valence-electron chi connectivity index (χ1n) is 14.9. The lowest BCUT2D eigenvalue weighted by atomic mass is 9.97. The standard InChI is InChI=1S/C21H30ClN5O2.C7H6Cl2.C2H6.CHF3S/c1-14(28)25-8-5-18(6-9-25)27-12-17(13-27)24-16-2-3-19(20(22)10-16)21(29)26-7-4-15(23)11-26;1-5-2-6(8)4-7(9)3-5;1-2;2-1(3,4)5/h2-3,10,15,17-18,24H,4-9,11-13,23H2,1H3;2-4H,1H3;1-2H3;5H. The number of benzene rings is 2. The van der Waals surface area contributed by atoms with Crippen molar-refractivity contribution < 1.29 is 22.8 Å². The summed E-state index contributed by atoms with van der Waals surface area (Å²) in [6.07, 6.45) is 2.94. The third-order valence-electron chi connectivity index (χ3n) is 7.43. The number of thiol groups is 1. The van der Waals surface area contributed by atoms with Crippen molar-refractivity contribution in [1.82, 2.24) is 14.7 Å². The molecule has 5 rings (SSSR count). The summed E-state index contributed by atoms with van der Waals surface area (Å²) < 4.78 is 30.7. The zero-order chi connectivity index (χ0) is 33.9. The molecule has 3 N–H and O–H groups in total. The highest BCUT2D eigenvalue weighted by atomic mass is 35.5. The molecule has 0 spiro atoms. The summed E-state index contributed by atoms with van der Waals surface area (Å²) in [7, 11) is 0. The van der Waals surface area contributed by atoms with Crippen LogP contribution in [0.3, 0.4) is 0 Å². The van der Waals surface area contributed by atoms with Gasteiger partial charge in [-0.1, -0.05) is 61.3 Å². The molecule has 1 atom stereocenters. The van der Waals surface area contributed by atoms with Crippen molar-refractivity contribution in [3.8, 4) is 0 Å². The molecule has 2 amide bonds. The first kappa shape index (κ1) is 39.3. The van der Waals surface area contributed by atoms with E-state index in [4.69, 9.17) is 40.5 Å². The van der Waals surface area contributed by atoms with Gasteiger partial charge in [0.1, 0.15) is 0 Å². The summed E-state index contributed by atoms with van der Waals surface area (Å²) in [5.74, 6) is 0.138. The van der Waals surface area contributed by atoms with Crippen molar-refractivity contribution in [3.05, 3.63) is 62.6 Å². The van der Waals surface area contributed by atoms with Crippen molar-refractivity contribution in [1.29, 1.82) is 0 Å². The van der Waals surface area contributed by atoms with Crippen molar-refractivity contribution in [2.45, 2.75) is 70.6 Å². The van der Waals surface area contributed by atoms with Crippen LogP contribution in [0.1, 0.15) is 56.0 Å². The molecule has 45 heavy (non-hydrogen) atoms. The highest BCUT2D eigenvalue weighted by molar-refractivity contribution is 7.81. The Morgan fingerprint density at radius 3 is 1.89 bits per heavy atom. The molecule has 0 saturated carbocycles. The normalized spacial score (nSPS) is 18.8. The quantitative estimate of drug-likeness (QED) is 0.289. The maximum atomic E-state index is 12.6. The fraction of sp³-hybridized carbons (Fsp3) is 0.548. The Labute approximate surface area is 284 Å². The summed E-state index contributed by atoms with van der Waals surface area (Å²) in [5, 5.41) is 5.39. The molecule has 2 aromatic carbocycles. The molecule has 0 radical (unpaired) electrons. The molecule has 7 nitrogen and oxygen atoms in total. The number of alkyl halides is 3. The number of nitrogens with two attached hydrogens (primary N) is 1. The number of anilines is 1. The molecule has 252 valence electrons. The number of halogens is 6. The summed E-state index contributed by atoms with van der Waals surface area (Å²) in [6.45, 7) is 12.6. The predicted molar refractivity (Wildman–Crippen MR) is 182 cm³/mol. The van der Waals surface area contributed by atoms with Crippen LogP contribution in [0.4, 0.5) is 18.9 Å². The minimum atomic E-state index is -4.31. The van der Waals surface area contributed by atoms with Crippen molar-refractivity contribution in [2.24, 2.45) is 5.73 Å². The third-order valence-corrected chi connectivity index (χ3v) is 8.17. The molecule has 3 aliphatic rings. The van der Waals surface area contributed by atoms with Crippen LogP contribution in [0, 0.1) is 6.92 Å². The maximum Gasteiger partial charge on any atom is 0.438 e. The van der Waals surface area contributed by atoms with E-state index in [0.717, 1.165) is 56.7 Å². The lowest BCUT2D eigenvalue weighted by Crippen LogP contribution is -2.60. The van der Waals surface area contributed by atoms with Gasteiger partial charge in [-0.2, -0.15) is 13.2 Å². The van der Waals surface area contributed by atoms with Gasteiger partial charge in [0.15, 0.2) is 0 Å². The van der Waals surface area contributed by atoms with Gasteiger partial charge in [-0.15, -0.1) is 0 Å². The largest absolute Gasteiger partial charge is 0.438 e. The van der Waals surface area contributed by atoms with Crippen molar-refractivity contribution in [3.63, 3.8) is 0 Å². The van der Waals surface area contributed by atoms with Crippen LogP contribution in [0.5, 0.6) is 0 Å². The maximum absolute atomic E-state index is 12.6. The second kappa shape index (κ2) is 18.4. The van der Waals surface area contributed by atoms with Gasteiger partial charge < -0.3 is 20.9 Å². The van der Waals surface area contributed by atoms with E-state index in [0.29, 0.717) is 45.8 Å². The van der Waals surface area contributed by atoms with Crippen LogP contribution >= 0.6 is 47.4 Å². The van der Waals surface area contributed by atoms with Gasteiger partial charge in [-0.25, -0.2) is 0 Å². The second-order valence-corrected chi connectivity index (χ2v) is 12.7. The van der Waals surface area contributed by atoms with E-state index in [9.17, 15) is 22.8 Å². The van der Waals surface area contributed by atoms with Crippen molar-refractivity contribution in [2.75, 3.05) is 44.6 Å². The first-order valence-corrected chi connectivity index (χ1v) is 16.5. The van der Waals surface area contributed by atoms with Crippen LogP contribution in [0.2, 0.25) is 15.1 Å². The Morgan fingerprint density at radius 1 is 0.911 bits per heavy atom. The topological polar surface area (TPSA) is 81.9 Å². The van der Waals surface area contributed by atoms with Crippen LogP contribution in [-0.2, 0) is 4.79 Å². The first-order chi connectivity index (χ1) is 21.1. The van der Waals surface area contributed by atoms with Gasteiger partial charge >= 0.3 is 5.51 Å². The number of hydrogen-bond acceptors (Lipinski definition) is 6. The number of hydrogen-bond donors (Lipinski definition) is 3. The molecular formula is C31H43Cl3F3N5O2S. The number of carbonyl (C=O) groups excluding carboxylic acids is 2. The van der Waals surface area contributed by atoms with E-state index in [1.165, 1.54) is 0 Å². The summed E-state index contributed by atoms with van der Waals surface area (Å²) >= 11 is 19.9. The van der Waals surface area contributed by atoms with Gasteiger partial charge in [-0.05, 0) is 68.1 Å². The van der Waals surface area contributed by atoms with Gasteiger partial charge in [0.2, 0.25) is 5.91 Å². The smallest absolute Gasteiger partial charge is 0.380 e. The summed E-state index contributed by atoms with van der Waals surface area (Å²) in [6, 6.07) is 12.1. The zero-order valence-corrected chi connectivity index (χ0v) is 29.2. The van der Waals surface area contributed by atoms with Crippen LogP contribution < -0.4 is 11.1 Å². The van der Waals surface area contributed by atoms with Crippen LogP contribution in [0.25, 0.3) is 0 Å². The molecule has 2 aromatic rings. The zero-order valence-electron chi connectivity index (χ0n) is 26.0.